The fourth-order valence-electron chi connectivity index (χ4n) is 6.83. The minimum Gasteiger partial charge on any atom is -0.368 e. The molecule has 3 saturated heterocycles. The van der Waals surface area contributed by atoms with Gasteiger partial charge in [0.05, 0.1) is 23.7 Å². The Morgan fingerprint density at radius 3 is 2.79 bits per heavy atom. The van der Waals surface area contributed by atoms with Crippen LogP contribution in [0.4, 0.5) is 4.39 Å². The Morgan fingerprint density at radius 2 is 2.00 bits per heavy atom. The number of halogens is 1. The number of nitrogens with one attached hydrogen (secondary N) is 1. The van der Waals surface area contributed by atoms with Gasteiger partial charge in [0.2, 0.25) is 5.79 Å². The van der Waals surface area contributed by atoms with Crippen LogP contribution in [0.1, 0.15) is 48.4 Å². The Hall–Kier alpha value is -2.98. The Labute approximate surface area is 221 Å². The first-order valence-electron chi connectivity index (χ1n) is 13.6. The molecular weight excluding hydrogens is 483 g/mol. The maximum Gasteiger partial charge on any atom is 0.200 e. The van der Waals surface area contributed by atoms with Crippen LogP contribution in [0.15, 0.2) is 49.1 Å². The van der Waals surface area contributed by atoms with Crippen LogP contribution < -0.4 is 5.32 Å². The zero-order chi connectivity index (χ0) is 25.9. The van der Waals surface area contributed by atoms with Gasteiger partial charge in [-0.15, -0.1) is 0 Å². The quantitative estimate of drug-likeness (QED) is 0.501. The molecule has 9 heteroatoms. The highest BCUT2D eigenvalue weighted by molar-refractivity contribution is 5.78. The molecule has 1 aliphatic carbocycles. The van der Waals surface area contributed by atoms with Crippen LogP contribution in [0.25, 0.3) is 16.6 Å². The molecule has 7 rings (SSSR count). The second-order valence-corrected chi connectivity index (χ2v) is 11.2. The third-order valence-electron chi connectivity index (χ3n) is 8.82. The fraction of sp³-hybridized carbons (Fsp3) is 0.483. The molecule has 2 aromatic heterocycles. The fourth-order valence-corrected chi connectivity index (χ4v) is 6.83. The molecular formula is C29H33FN6O2. The van der Waals surface area contributed by atoms with Crippen molar-refractivity contribution >= 4 is 16.6 Å². The van der Waals surface area contributed by atoms with Gasteiger partial charge in [0.1, 0.15) is 12.1 Å². The number of likely N-dealkylation sites (tertiary alicyclic amines) is 2. The summed E-state index contributed by atoms with van der Waals surface area (Å²) in [7, 11) is 2.08. The lowest BCUT2D eigenvalue weighted by Crippen LogP contribution is -2.52. The van der Waals surface area contributed by atoms with Gasteiger partial charge in [0.15, 0.2) is 0 Å². The van der Waals surface area contributed by atoms with E-state index in [9.17, 15) is 5.11 Å². The molecule has 2 bridgehead atoms. The number of rotatable bonds is 5. The van der Waals surface area contributed by atoms with E-state index in [2.05, 4.69) is 37.1 Å². The molecule has 4 aliphatic rings. The molecule has 2 N–H and O–H groups in total. The van der Waals surface area contributed by atoms with Crippen molar-refractivity contribution in [3.05, 3.63) is 71.7 Å². The van der Waals surface area contributed by atoms with Gasteiger partial charge in [0.25, 0.3) is 0 Å². The van der Waals surface area contributed by atoms with Crippen LogP contribution in [0.5, 0.6) is 0 Å². The number of piperazine rings is 1. The van der Waals surface area contributed by atoms with Gasteiger partial charge in [-0.3, -0.25) is 4.98 Å². The second-order valence-electron chi connectivity index (χ2n) is 11.2. The number of nitrogens with zero attached hydrogens (tertiary/aromatic N) is 5. The molecule has 38 heavy (non-hydrogen) atoms. The molecule has 198 valence electrons. The summed E-state index contributed by atoms with van der Waals surface area (Å²) in [4.78, 5) is 17.7. The number of likely N-dealkylation sites (N-methyl/N-ethyl adjacent to an activating group) is 1. The molecule has 8 nitrogen and oxygen atoms in total. The largest absolute Gasteiger partial charge is 0.368 e. The van der Waals surface area contributed by atoms with E-state index < -0.39 is 11.7 Å². The zero-order valence-corrected chi connectivity index (χ0v) is 21.6. The number of ether oxygens (including phenoxy) is 1. The van der Waals surface area contributed by atoms with E-state index >= 15 is 4.39 Å². The topological polar surface area (TPSA) is 86.6 Å². The molecule has 5 heterocycles. The lowest BCUT2D eigenvalue weighted by molar-refractivity contribution is -0.185. The first kappa shape index (κ1) is 24.1. The molecule has 5 atom stereocenters. The highest BCUT2D eigenvalue weighted by atomic mass is 19.1. The maximum atomic E-state index is 15.9. The number of benzene rings is 1. The Morgan fingerprint density at radius 1 is 1.16 bits per heavy atom. The van der Waals surface area contributed by atoms with E-state index in [0.717, 1.165) is 62.0 Å². The molecule has 0 amide bonds. The first-order chi connectivity index (χ1) is 18.5. The lowest BCUT2D eigenvalue weighted by atomic mass is 9.77. The van der Waals surface area contributed by atoms with Crippen LogP contribution in [-0.4, -0.2) is 87.1 Å². The average molecular weight is 517 g/mol. The summed E-state index contributed by atoms with van der Waals surface area (Å²) >= 11 is 0. The van der Waals surface area contributed by atoms with Crippen molar-refractivity contribution in [2.45, 2.75) is 55.5 Å². The van der Waals surface area contributed by atoms with Crippen molar-refractivity contribution in [2.24, 2.45) is 0 Å². The number of aliphatic hydroxyl groups is 1. The Kier molecular flexibility index (Phi) is 5.92. The number of aromatic nitrogens is 3. The molecule has 3 fully saturated rings. The van der Waals surface area contributed by atoms with Crippen molar-refractivity contribution < 1.29 is 14.2 Å². The maximum absolute atomic E-state index is 15.9. The third kappa shape index (κ3) is 4.09. The predicted octanol–water partition coefficient (Wildman–Crippen LogP) is 2.89. The molecule has 0 spiro atoms. The summed E-state index contributed by atoms with van der Waals surface area (Å²) in [6, 6.07) is 7.97. The highest BCUT2D eigenvalue weighted by Crippen LogP contribution is 2.47. The van der Waals surface area contributed by atoms with Crippen LogP contribution >= 0.6 is 0 Å². The van der Waals surface area contributed by atoms with Gasteiger partial charge in [-0.05, 0) is 57.5 Å². The zero-order valence-electron chi connectivity index (χ0n) is 21.6. The minimum atomic E-state index is -1.79. The van der Waals surface area contributed by atoms with Crippen molar-refractivity contribution in [2.75, 3.05) is 33.3 Å². The summed E-state index contributed by atoms with van der Waals surface area (Å²) in [6.45, 7) is 2.98. The molecule has 2 unspecified atom stereocenters. The van der Waals surface area contributed by atoms with Crippen LogP contribution in [0.3, 0.4) is 0 Å². The second kappa shape index (κ2) is 9.34. The van der Waals surface area contributed by atoms with Gasteiger partial charge < -0.3 is 25.0 Å². The summed E-state index contributed by atoms with van der Waals surface area (Å²) < 4.78 is 22.3. The average Bonchev–Trinajstić information content (AvgIpc) is 3.50. The molecule has 3 aromatic rings. The molecule has 3 aliphatic heterocycles. The van der Waals surface area contributed by atoms with Gasteiger partial charge >= 0.3 is 0 Å². The van der Waals surface area contributed by atoms with Crippen molar-refractivity contribution in [3.63, 3.8) is 0 Å². The van der Waals surface area contributed by atoms with E-state index in [-0.39, 0.29) is 11.9 Å². The van der Waals surface area contributed by atoms with Crippen LogP contribution in [-0.2, 0) is 4.74 Å². The molecule has 0 saturated carbocycles. The monoisotopic (exact) mass is 516 g/mol. The van der Waals surface area contributed by atoms with Gasteiger partial charge in [-0.2, -0.15) is 0 Å². The van der Waals surface area contributed by atoms with E-state index in [1.165, 1.54) is 12.4 Å². The Bertz CT molecular complexity index is 1390. The number of hydrogen-bond donors (Lipinski definition) is 2. The summed E-state index contributed by atoms with van der Waals surface area (Å²) in [5.41, 5.74) is 3.24. The van der Waals surface area contributed by atoms with E-state index in [0.29, 0.717) is 35.5 Å². The van der Waals surface area contributed by atoms with E-state index in [1.807, 2.05) is 18.2 Å². The summed E-state index contributed by atoms with van der Waals surface area (Å²) in [5.74, 6) is -3.01. The highest BCUT2D eigenvalue weighted by Gasteiger charge is 2.48. The minimum absolute atomic E-state index is 0.200. The Balaban J connectivity index is 1.36. The van der Waals surface area contributed by atoms with E-state index in [1.54, 1.807) is 18.5 Å². The van der Waals surface area contributed by atoms with Gasteiger partial charge in [-0.25, -0.2) is 14.4 Å². The van der Waals surface area contributed by atoms with Gasteiger partial charge in [0, 0.05) is 65.8 Å². The number of hydrogen-bond acceptors (Lipinski definition) is 8. The summed E-state index contributed by atoms with van der Waals surface area (Å²) in [6.07, 6.45) is 11.1. The lowest BCUT2D eigenvalue weighted by Gasteiger charge is -2.44. The standard InChI is InChI=1S/C29H33FN6O2/c1-35-9-3-4-21(35)16-38-29(37)11-26(36-14-19-7-8-20(15-36)34-19)22-5-2-6-23(30)27(22)28(29)25-10-24-18(13-32-25)12-31-17-33-24/h2,5-6,10-13,17,19-21,28,34,37H,3-4,7-9,14-16H2,1H3/t19-,20+,21-,28?,29?/m0/s1. The first-order valence-corrected chi connectivity index (χ1v) is 13.6. The normalized spacial score (nSPS) is 31.0. The van der Waals surface area contributed by atoms with Gasteiger partial charge in [-0.1, -0.05) is 12.1 Å². The smallest absolute Gasteiger partial charge is 0.200 e. The number of pyridine rings is 1. The number of fused-ring (bicyclic) bond motifs is 4. The SMILES string of the molecule is CN1CCC[C@H]1COC1(O)C=C(N2C[C@H]3CC[C@@H](C2)N3)c2cccc(F)c2C1c1cc2ncncc2cn1. The van der Waals surface area contributed by atoms with Crippen molar-refractivity contribution in [1.29, 1.82) is 0 Å². The van der Waals surface area contributed by atoms with E-state index in [4.69, 9.17) is 4.74 Å². The van der Waals surface area contributed by atoms with Crippen molar-refractivity contribution in [1.82, 2.24) is 30.1 Å². The third-order valence-corrected chi connectivity index (χ3v) is 8.82. The summed E-state index contributed by atoms with van der Waals surface area (Å²) in [5, 5.41) is 16.9. The molecule has 1 aromatic carbocycles. The van der Waals surface area contributed by atoms with Crippen LogP contribution in [0, 0.1) is 5.82 Å². The van der Waals surface area contributed by atoms with Crippen molar-refractivity contribution in [3.8, 4) is 0 Å². The molecule has 0 radical (unpaired) electrons. The van der Waals surface area contributed by atoms with Crippen LogP contribution in [0.2, 0.25) is 0 Å². The predicted molar refractivity (Wildman–Crippen MR) is 142 cm³/mol.